The van der Waals surface area contributed by atoms with E-state index in [9.17, 15) is 4.79 Å². The Balaban J connectivity index is 3.08. The maximum absolute atomic E-state index is 10.9. The molecule has 0 aromatic rings. The van der Waals surface area contributed by atoms with Crippen molar-refractivity contribution in [2.24, 2.45) is 0 Å². The Morgan fingerprint density at radius 2 is 2.18 bits per heavy atom. The molecule has 0 atom stereocenters. The van der Waals surface area contributed by atoms with E-state index in [4.69, 9.17) is 4.74 Å². The minimum atomic E-state index is -0.403. The van der Waals surface area contributed by atoms with E-state index in [0.29, 0.717) is 11.5 Å². The summed E-state index contributed by atoms with van der Waals surface area (Å²) in [6.07, 6.45) is 1.93. The summed E-state index contributed by atoms with van der Waals surface area (Å²) in [5.41, 5.74) is 0. The average molecular weight is 174 g/mol. The molecule has 66 valence electrons. The van der Waals surface area contributed by atoms with E-state index < -0.39 is 9.52 Å². The smallest absolute Gasteiger partial charge is 0.104 e. The van der Waals surface area contributed by atoms with Gasteiger partial charge in [-0.2, -0.15) is 0 Å². The molecular weight excluding hydrogens is 156 g/mol. The molecule has 0 aromatic carbocycles. The second-order valence-corrected chi connectivity index (χ2v) is 4.41. The number of ether oxygens (including phenoxy) is 1. The van der Waals surface area contributed by atoms with Crippen LogP contribution in [0.2, 0.25) is 6.55 Å². The summed E-state index contributed by atoms with van der Waals surface area (Å²) in [5.74, 6) is 0. The van der Waals surface area contributed by atoms with Crippen molar-refractivity contribution in [2.75, 3.05) is 6.61 Å². The van der Waals surface area contributed by atoms with Crippen molar-refractivity contribution in [3.8, 4) is 0 Å². The van der Waals surface area contributed by atoms with E-state index >= 15 is 0 Å². The van der Waals surface area contributed by atoms with Gasteiger partial charge in [-0.25, -0.2) is 0 Å². The molecule has 0 unspecified atom stereocenters. The fourth-order valence-corrected chi connectivity index (χ4v) is 1.37. The van der Waals surface area contributed by atoms with Gasteiger partial charge in [0.2, 0.25) is 0 Å². The Labute approximate surface area is 71.1 Å². The highest BCUT2D eigenvalue weighted by atomic mass is 28.2. The third-order valence-corrected chi connectivity index (χ3v) is 2.59. The largest absolute Gasteiger partial charge is 0.379 e. The SMILES string of the molecule is C[SiH2]C(=O)CCCOC(C)C. The van der Waals surface area contributed by atoms with Gasteiger partial charge in [0.05, 0.1) is 15.6 Å². The molecular formula is C8H18O2Si. The molecule has 0 saturated heterocycles. The van der Waals surface area contributed by atoms with Crippen LogP contribution in [0, 0.1) is 0 Å². The second kappa shape index (κ2) is 6.55. The van der Waals surface area contributed by atoms with Gasteiger partial charge in [0.25, 0.3) is 0 Å². The Kier molecular flexibility index (Phi) is 6.46. The average Bonchev–Trinajstić information content (AvgIpc) is 1.97. The monoisotopic (exact) mass is 174 g/mol. The highest BCUT2D eigenvalue weighted by Crippen LogP contribution is 1.94. The number of hydrogen-bond acceptors (Lipinski definition) is 2. The summed E-state index contributed by atoms with van der Waals surface area (Å²) in [5, 5.41) is 0.470. The van der Waals surface area contributed by atoms with Crippen molar-refractivity contribution in [1.82, 2.24) is 0 Å². The van der Waals surface area contributed by atoms with E-state index in [1.807, 2.05) is 20.4 Å². The van der Waals surface area contributed by atoms with E-state index in [1.54, 1.807) is 0 Å². The van der Waals surface area contributed by atoms with Gasteiger partial charge in [-0.1, -0.05) is 6.55 Å². The van der Waals surface area contributed by atoms with Crippen LogP contribution < -0.4 is 0 Å². The molecule has 0 aliphatic rings. The van der Waals surface area contributed by atoms with Crippen LogP contribution in [-0.2, 0) is 9.53 Å². The Hall–Kier alpha value is -0.153. The predicted octanol–water partition coefficient (Wildman–Crippen LogP) is 0.935. The van der Waals surface area contributed by atoms with Gasteiger partial charge in [-0.3, -0.25) is 0 Å². The third kappa shape index (κ3) is 7.75. The molecule has 0 bridgehead atoms. The van der Waals surface area contributed by atoms with Crippen LogP contribution in [0.1, 0.15) is 26.7 Å². The Morgan fingerprint density at radius 1 is 1.55 bits per heavy atom. The molecule has 0 aliphatic carbocycles. The van der Waals surface area contributed by atoms with E-state index in [2.05, 4.69) is 0 Å². The molecule has 0 rings (SSSR count). The lowest BCUT2D eigenvalue weighted by Gasteiger charge is -2.05. The third-order valence-electron chi connectivity index (χ3n) is 1.45. The number of carbonyl (C=O) groups is 1. The minimum absolute atomic E-state index is 0.295. The maximum atomic E-state index is 10.9. The summed E-state index contributed by atoms with van der Waals surface area (Å²) in [7, 11) is -0.403. The van der Waals surface area contributed by atoms with Crippen molar-refractivity contribution in [1.29, 1.82) is 0 Å². The molecule has 3 heteroatoms. The van der Waals surface area contributed by atoms with Gasteiger partial charge in [0.15, 0.2) is 0 Å². The number of rotatable bonds is 6. The molecule has 0 amide bonds. The zero-order valence-corrected chi connectivity index (χ0v) is 9.14. The molecule has 0 aromatic heterocycles. The molecule has 0 heterocycles. The normalized spacial score (nSPS) is 11.6. The molecule has 0 fully saturated rings. The molecule has 0 radical (unpaired) electrons. The van der Waals surface area contributed by atoms with Crippen molar-refractivity contribution in [3.05, 3.63) is 0 Å². The summed E-state index contributed by atoms with van der Waals surface area (Å²) < 4.78 is 5.30. The lowest BCUT2D eigenvalue weighted by molar-refractivity contribution is -0.112. The summed E-state index contributed by atoms with van der Waals surface area (Å²) in [6, 6.07) is 0. The Bertz CT molecular complexity index is 113. The molecule has 11 heavy (non-hydrogen) atoms. The van der Waals surface area contributed by atoms with Gasteiger partial charge in [0.1, 0.15) is 5.41 Å². The zero-order chi connectivity index (χ0) is 8.69. The maximum Gasteiger partial charge on any atom is 0.104 e. The first-order valence-corrected chi connectivity index (χ1v) is 6.42. The van der Waals surface area contributed by atoms with Crippen molar-refractivity contribution in [3.63, 3.8) is 0 Å². The number of hydrogen-bond donors (Lipinski definition) is 0. The van der Waals surface area contributed by atoms with Gasteiger partial charge in [0, 0.05) is 13.0 Å². The fourth-order valence-electron chi connectivity index (χ4n) is 0.765. The van der Waals surface area contributed by atoms with Gasteiger partial charge in [-0.05, 0) is 20.3 Å². The van der Waals surface area contributed by atoms with Crippen LogP contribution in [0.15, 0.2) is 0 Å². The first-order chi connectivity index (χ1) is 5.16. The zero-order valence-electron chi connectivity index (χ0n) is 7.72. The first-order valence-electron chi connectivity index (χ1n) is 4.30. The van der Waals surface area contributed by atoms with Gasteiger partial charge < -0.3 is 9.53 Å². The van der Waals surface area contributed by atoms with E-state index in [1.165, 1.54) is 0 Å². The highest BCUT2D eigenvalue weighted by molar-refractivity contribution is 6.72. The molecule has 0 spiro atoms. The predicted molar refractivity (Wildman–Crippen MR) is 49.7 cm³/mol. The van der Waals surface area contributed by atoms with Crippen LogP contribution in [0.25, 0.3) is 0 Å². The Morgan fingerprint density at radius 3 is 2.64 bits per heavy atom. The molecule has 0 aliphatic heterocycles. The van der Waals surface area contributed by atoms with E-state index in [0.717, 1.165) is 19.4 Å². The van der Waals surface area contributed by atoms with Crippen LogP contribution in [0.5, 0.6) is 0 Å². The van der Waals surface area contributed by atoms with Crippen LogP contribution in [-0.4, -0.2) is 27.6 Å². The van der Waals surface area contributed by atoms with E-state index in [-0.39, 0.29) is 0 Å². The highest BCUT2D eigenvalue weighted by Gasteiger charge is 1.98. The van der Waals surface area contributed by atoms with Gasteiger partial charge >= 0.3 is 0 Å². The summed E-state index contributed by atoms with van der Waals surface area (Å²) >= 11 is 0. The second-order valence-electron chi connectivity index (χ2n) is 2.92. The topological polar surface area (TPSA) is 26.3 Å². The quantitative estimate of drug-likeness (QED) is 0.442. The van der Waals surface area contributed by atoms with Crippen LogP contribution >= 0.6 is 0 Å². The lowest BCUT2D eigenvalue weighted by Crippen LogP contribution is -2.08. The van der Waals surface area contributed by atoms with Gasteiger partial charge in [-0.15, -0.1) is 0 Å². The van der Waals surface area contributed by atoms with Crippen molar-refractivity contribution in [2.45, 2.75) is 39.3 Å². The minimum Gasteiger partial charge on any atom is -0.379 e. The number of carbonyl (C=O) groups excluding carboxylic acids is 1. The molecule has 2 nitrogen and oxygen atoms in total. The van der Waals surface area contributed by atoms with Crippen LogP contribution in [0.3, 0.4) is 0 Å². The molecule has 0 N–H and O–H groups in total. The summed E-state index contributed by atoms with van der Waals surface area (Å²) in [4.78, 5) is 10.9. The molecule has 0 saturated carbocycles. The van der Waals surface area contributed by atoms with Crippen LogP contribution in [0.4, 0.5) is 0 Å². The van der Waals surface area contributed by atoms with Crippen molar-refractivity contribution >= 4 is 14.9 Å². The lowest BCUT2D eigenvalue weighted by atomic mass is 10.3. The van der Waals surface area contributed by atoms with Crippen molar-refractivity contribution < 1.29 is 9.53 Å². The standard InChI is InChI=1S/C8H18O2Si/c1-7(2)10-6-4-5-8(9)11-3/h7H,4-6,11H2,1-3H3. The fraction of sp³-hybridized carbons (Fsp3) is 0.875. The summed E-state index contributed by atoms with van der Waals surface area (Å²) in [6.45, 7) is 6.79. The first kappa shape index (κ1) is 10.8.